The fraction of sp³-hybridized carbons (Fsp3) is 0.562. The zero-order valence-electron chi connectivity index (χ0n) is 12.7. The van der Waals surface area contributed by atoms with Crippen molar-refractivity contribution in [2.24, 2.45) is 0 Å². The van der Waals surface area contributed by atoms with Gasteiger partial charge in [-0.2, -0.15) is 11.8 Å². The highest BCUT2D eigenvalue weighted by atomic mass is 35.5. The van der Waals surface area contributed by atoms with E-state index in [0.717, 1.165) is 31.2 Å². The van der Waals surface area contributed by atoms with E-state index < -0.39 is 0 Å². The molecule has 0 radical (unpaired) electrons. The van der Waals surface area contributed by atoms with Crippen LogP contribution in [0.2, 0.25) is 5.02 Å². The van der Waals surface area contributed by atoms with Gasteiger partial charge in [0, 0.05) is 22.9 Å². The Bertz CT molecular complexity index is 493. The van der Waals surface area contributed by atoms with Crippen LogP contribution in [0.4, 0.5) is 4.79 Å². The summed E-state index contributed by atoms with van der Waals surface area (Å²) in [6.45, 7) is 0.558. The van der Waals surface area contributed by atoms with Gasteiger partial charge in [-0.3, -0.25) is 0 Å². The molecule has 2 amide bonds. The first-order valence-corrected chi connectivity index (χ1v) is 9.25. The van der Waals surface area contributed by atoms with Gasteiger partial charge in [0.05, 0.1) is 6.10 Å². The Hall–Kier alpha value is -0.910. The molecule has 4 nitrogen and oxygen atoms in total. The number of carbonyl (C=O) groups excluding carboxylic acids is 1. The molecular weight excluding hydrogens is 320 g/mol. The number of thioether (sulfide) groups is 1. The lowest BCUT2D eigenvalue weighted by molar-refractivity contribution is 0.117. The standard InChI is InChI=1S/C16H23ClN2O2S/c1-22-15(11-3-2-4-12(17)9-11)10-18-16(21)19-13-5-7-14(20)8-6-13/h2-4,9,13-15,20H,5-8,10H2,1H3,(H2,18,19,21)/t13?,14?,15-/m1/s1. The lowest BCUT2D eigenvalue weighted by Crippen LogP contribution is -2.45. The fourth-order valence-electron chi connectivity index (χ4n) is 2.69. The van der Waals surface area contributed by atoms with Gasteiger partial charge in [-0.05, 0) is 49.6 Å². The average Bonchev–Trinajstić information content (AvgIpc) is 2.50. The number of urea groups is 1. The van der Waals surface area contributed by atoms with Crippen molar-refractivity contribution < 1.29 is 9.90 Å². The van der Waals surface area contributed by atoms with Gasteiger partial charge >= 0.3 is 6.03 Å². The summed E-state index contributed by atoms with van der Waals surface area (Å²) >= 11 is 7.71. The quantitative estimate of drug-likeness (QED) is 0.769. The molecular formula is C16H23ClN2O2S. The summed E-state index contributed by atoms with van der Waals surface area (Å²) in [6.07, 6.45) is 5.03. The molecule has 1 aliphatic carbocycles. The molecule has 1 fully saturated rings. The minimum atomic E-state index is -0.204. The van der Waals surface area contributed by atoms with Gasteiger partial charge in [-0.1, -0.05) is 23.7 Å². The fourth-order valence-corrected chi connectivity index (χ4v) is 3.55. The first-order valence-electron chi connectivity index (χ1n) is 7.59. The number of aliphatic hydroxyl groups is 1. The molecule has 0 aliphatic heterocycles. The zero-order valence-corrected chi connectivity index (χ0v) is 14.3. The Morgan fingerprint density at radius 1 is 1.41 bits per heavy atom. The second-order valence-corrected chi connectivity index (χ2v) is 7.12. The van der Waals surface area contributed by atoms with Crippen molar-refractivity contribution >= 4 is 29.4 Å². The molecule has 0 unspecified atom stereocenters. The van der Waals surface area contributed by atoms with Crippen molar-refractivity contribution in [3.8, 4) is 0 Å². The number of rotatable bonds is 5. The monoisotopic (exact) mass is 342 g/mol. The molecule has 22 heavy (non-hydrogen) atoms. The third-order valence-corrected chi connectivity index (χ3v) is 5.23. The molecule has 3 N–H and O–H groups in total. The van der Waals surface area contributed by atoms with E-state index in [1.165, 1.54) is 0 Å². The van der Waals surface area contributed by atoms with Crippen LogP contribution < -0.4 is 10.6 Å². The number of hydrogen-bond acceptors (Lipinski definition) is 3. The summed E-state index contributed by atoms with van der Waals surface area (Å²) in [4.78, 5) is 12.0. The maximum Gasteiger partial charge on any atom is 0.315 e. The molecule has 0 heterocycles. The molecule has 1 aromatic carbocycles. The highest BCUT2D eigenvalue weighted by Crippen LogP contribution is 2.27. The van der Waals surface area contributed by atoms with Crippen LogP contribution in [0.1, 0.15) is 36.5 Å². The van der Waals surface area contributed by atoms with Gasteiger partial charge in [0.25, 0.3) is 0 Å². The second-order valence-electron chi connectivity index (χ2n) is 5.64. The van der Waals surface area contributed by atoms with E-state index in [0.29, 0.717) is 11.6 Å². The Labute approximate surface area is 141 Å². The van der Waals surface area contributed by atoms with Gasteiger partial charge < -0.3 is 15.7 Å². The topological polar surface area (TPSA) is 61.4 Å². The second kappa shape index (κ2) is 8.65. The van der Waals surface area contributed by atoms with Crippen LogP contribution in [0.5, 0.6) is 0 Å². The van der Waals surface area contributed by atoms with Gasteiger partial charge in [0.2, 0.25) is 0 Å². The Morgan fingerprint density at radius 3 is 2.77 bits per heavy atom. The van der Waals surface area contributed by atoms with E-state index in [9.17, 15) is 9.90 Å². The van der Waals surface area contributed by atoms with Crippen LogP contribution in [-0.2, 0) is 0 Å². The van der Waals surface area contributed by atoms with Gasteiger partial charge in [0.15, 0.2) is 0 Å². The Kier molecular flexibility index (Phi) is 6.86. The van der Waals surface area contributed by atoms with Crippen molar-refractivity contribution in [1.82, 2.24) is 10.6 Å². The number of benzene rings is 1. The smallest absolute Gasteiger partial charge is 0.315 e. The summed E-state index contributed by atoms with van der Waals surface area (Å²) in [5.74, 6) is 0. The molecule has 1 aliphatic rings. The largest absolute Gasteiger partial charge is 0.393 e. The summed E-state index contributed by atoms with van der Waals surface area (Å²) < 4.78 is 0. The normalized spacial score (nSPS) is 22.9. The molecule has 1 aromatic rings. The maximum atomic E-state index is 12.0. The zero-order chi connectivity index (χ0) is 15.9. The third kappa shape index (κ3) is 5.38. The number of hydrogen-bond donors (Lipinski definition) is 3. The van der Waals surface area contributed by atoms with Gasteiger partial charge in [-0.25, -0.2) is 4.79 Å². The van der Waals surface area contributed by atoms with E-state index >= 15 is 0 Å². The minimum absolute atomic E-state index is 0.137. The maximum absolute atomic E-state index is 12.0. The minimum Gasteiger partial charge on any atom is -0.393 e. The lowest BCUT2D eigenvalue weighted by atomic mass is 9.93. The molecule has 122 valence electrons. The van der Waals surface area contributed by atoms with E-state index in [1.807, 2.05) is 30.5 Å². The lowest BCUT2D eigenvalue weighted by Gasteiger charge is -2.26. The summed E-state index contributed by atoms with van der Waals surface area (Å²) in [5.41, 5.74) is 1.11. The summed E-state index contributed by atoms with van der Waals surface area (Å²) in [7, 11) is 0. The highest BCUT2D eigenvalue weighted by molar-refractivity contribution is 7.98. The molecule has 0 aromatic heterocycles. The van der Waals surface area contributed by atoms with Crippen LogP contribution >= 0.6 is 23.4 Å². The molecule has 2 rings (SSSR count). The van der Waals surface area contributed by atoms with Crippen LogP contribution in [-0.4, -0.2) is 36.1 Å². The van der Waals surface area contributed by atoms with Crippen LogP contribution in [0.15, 0.2) is 24.3 Å². The number of halogens is 1. The van der Waals surface area contributed by atoms with Crippen molar-refractivity contribution in [3.63, 3.8) is 0 Å². The van der Waals surface area contributed by atoms with Crippen molar-refractivity contribution in [2.45, 2.75) is 43.1 Å². The van der Waals surface area contributed by atoms with E-state index in [4.69, 9.17) is 11.6 Å². The van der Waals surface area contributed by atoms with E-state index in [1.54, 1.807) is 11.8 Å². The molecule has 0 spiro atoms. The summed E-state index contributed by atoms with van der Waals surface area (Å²) in [6, 6.07) is 7.76. The molecule has 1 saturated carbocycles. The molecule has 0 saturated heterocycles. The van der Waals surface area contributed by atoms with Gasteiger partial charge in [0.1, 0.15) is 0 Å². The highest BCUT2D eigenvalue weighted by Gasteiger charge is 2.21. The predicted molar refractivity (Wildman–Crippen MR) is 92.5 cm³/mol. The molecule has 1 atom stereocenters. The van der Waals surface area contributed by atoms with E-state index in [2.05, 4.69) is 10.6 Å². The number of amides is 2. The number of aliphatic hydroxyl groups excluding tert-OH is 1. The number of carbonyl (C=O) groups is 1. The van der Waals surface area contributed by atoms with Crippen LogP contribution in [0, 0.1) is 0 Å². The average molecular weight is 343 g/mol. The third-order valence-electron chi connectivity index (χ3n) is 3.98. The van der Waals surface area contributed by atoms with Gasteiger partial charge in [-0.15, -0.1) is 0 Å². The van der Waals surface area contributed by atoms with Crippen LogP contribution in [0.3, 0.4) is 0 Å². The SMILES string of the molecule is CS[C@H](CNC(=O)NC1CCC(O)CC1)c1cccc(Cl)c1. The van der Waals surface area contributed by atoms with Crippen molar-refractivity contribution in [3.05, 3.63) is 34.9 Å². The van der Waals surface area contributed by atoms with Crippen molar-refractivity contribution in [1.29, 1.82) is 0 Å². The Morgan fingerprint density at radius 2 is 2.14 bits per heavy atom. The summed E-state index contributed by atoms with van der Waals surface area (Å²) in [5, 5.41) is 16.3. The predicted octanol–water partition coefficient (Wildman–Crippen LogP) is 3.35. The molecule has 0 bridgehead atoms. The van der Waals surface area contributed by atoms with Crippen molar-refractivity contribution in [2.75, 3.05) is 12.8 Å². The molecule has 6 heteroatoms. The van der Waals surface area contributed by atoms with Crippen LogP contribution in [0.25, 0.3) is 0 Å². The first-order chi connectivity index (χ1) is 10.6. The first kappa shape index (κ1) is 17.4. The van der Waals surface area contributed by atoms with E-state index in [-0.39, 0.29) is 23.4 Å². The number of nitrogens with one attached hydrogen (secondary N) is 2. The Balaban J connectivity index is 1.79.